The second-order valence-corrected chi connectivity index (χ2v) is 4.25. The van der Waals surface area contributed by atoms with Gasteiger partial charge in [0, 0.05) is 18.3 Å². The van der Waals surface area contributed by atoms with Crippen LogP contribution in [0.3, 0.4) is 0 Å². The summed E-state index contributed by atoms with van der Waals surface area (Å²) >= 11 is 0. The molecule has 1 aromatic rings. The Hall–Kier alpha value is -1.29. The number of aromatic nitrogens is 1. The first kappa shape index (κ1) is 11.2. The van der Waals surface area contributed by atoms with Crippen LogP contribution in [0.2, 0.25) is 0 Å². The second kappa shape index (κ2) is 5.16. The van der Waals surface area contributed by atoms with E-state index in [1.807, 2.05) is 6.07 Å². The van der Waals surface area contributed by atoms with Gasteiger partial charge in [-0.15, -0.1) is 0 Å². The Morgan fingerprint density at radius 1 is 1.50 bits per heavy atom. The number of hydrogen-bond acceptors (Lipinski definition) is 3. The molecular weight excluding hydrogens is 204 g/mol. The first-order valence-corrected chi connectivity index (χ1v) is 5.79. The average Bonchev–Trinajstić information content (AvgIpc) is 2.96. The molecule has 16 heavy (non-hydrogen) atoms. The molecule has 4 heteroatoms. The zero-order valence-electron chi connectivity index (χ0n) is 9.58. The number of esters is 1. The third-order valence-corrected chi connectivity index (χ3v) is 3.09. The number of H-pyrrole nitrogens is 1. The highest BCUT2D eigenvalue weighted by atomic mass is 16.5. The smallest absolute Gasteiger partial charge is 0.354 e. The average molecular weight is 222 g/mol. The Bertz CT molecular complexity index is 354. The Balaban J connectivity index is 1.85. The van der Waals surface area contributed by atoms with Crippen molar-refractivity contribution in [2.24, 2.45) is 0 Å². The van der Waals surface area contributed by atoms with E-state index >= 15 is 0 Å². The number of carbonyl (C=O) groups excluding carboxylic acids is 1. The Morgan fingerprint density at radius 2 is 2.25 bits per heavy atom. The van der Waals surface area contributed by atoms with Crippen LogP contribution in [0.15, 0.2) is 12.1 Å². The van der Waals surface area contributed by atoms with Crippen molar-refractivity contribution in [2.45, 2.75) is 38.3 Å². The van der Waals surface area contributed by atoms with Gasteiger partial charge in [-0.05, 0) is 25.0 Å². The lowest BCUT2D eigenvalue weighted by Crippen LogP contribution is -2.25. The molecule has 88 valence electrons. The molecule has 0 radical (unpaired) electrons. The van der Waals surface area contributed by atoms with Gasteiger partial charge >= 0.3 is 5.97 Å². The van der Waals surface area contributed by atoms with Gasteiger partial charge in [0.05, 0.1) is 7.11 Å². The maximum atomic E-state index is 11.2. The quantitative estimate of drug-likeness (QED) is 0.764. The van der Waals surface area contributed by atoms with E-state index in [4.69, 9.17) is 0 Å². The van der Waals surface area contributed by atoms with Crippen LogP contribution in [-0.2, 0) is 11.3 Å². The van der Waals surface area contributed by atoms with E-state index in [1.54, 1.807) is 6.07 Å². The maximum absolute atomic E-state index is 11.2. The number of aromatic amines is 1. The van der Waals surface area contributed by atoms with E-state index in [-0.39, 0.29) is 5.97 Å². The van der Waals surface area contributed by atoms with Gasteiger partial charge in [-0.2, -0.15) is 0 Å². The molecule has 1 heterocycles. The molecule has 0 unspecified atom stereocenters. The van der Waals surface area contributed by atoms with E-state index in [0.717, 1.165) is 12.2 Å². The predicted molar refractivity (Wildman–Crippen MR) is 61.2 cm³/mol. The van der Waals surface area contributed by atoms with Crippen molar-refractivity contribution < 1.29 is 9.53 Å². The van der Waals surface area contributed by atoms with E-state index < -0.39 is 0 Å². The second-order valence-electron chi connectivity index (χ2n) is 4.25. The van der Waals surface area contributed by atoms with Crippen molar-refractivity contribution in [3.05, 3.63) is 23.5 Å². The molecule has 0 saturated heterocycles. The van der Waals surface area contributed by atoms with E-state index in [9.17, 15) is 4.79 Å². The van der Waals surface area contributed by atoms with Gasteiger partial charge in [-0.3, -0.25) is 0 Å². The number of hydrogen-bond donors (Lipinski definition) is 2. The summed E-state index contributed by atoms with van der Waals surface area (Å²) in [7, 11) is 1.39. The monoisotopic (exact) mass is 222 g/mol. The summed E-state index contributed by atoms with van der Waals surface area (Å²) in [6.07, 6.45) is 5.20. The van der Waals surface area contributed by atoms with Crippen molar-refractivity contribution >= 4 is 5.97 Å². The molecule has 0 spiro atoms. The van der Waals surface area contributed by atoms with Crippen molar-refractivity contribution in [3.8, 4) is 0 Å². The van der Waals surface area contributed by atoms with Gasteiger partial charge in [-0.1, -0.05) is 12.8 Å². The molecule has 1 aliphatic carbocycles. The summed E-state index contributed by atoms with van der Waals surface area (Å²) in [5.74, 6) is -0.313. The number of methoxy groups -OCH3 is 1. The van der Waals surface area contributed by atoms with Crippen LogP contribution < -0.4 is 5.32 Å². The molecule has 1 aromatic heterocycles. The highest BCUT2D eigenvalue weighted by Crippen LogP contribution is 2.18. The zero-order valence-corrected chi connectivity index (χ0v) is 9.58. The molecule has 0 atom stereocenters. The Kier molecular flexibility index (Phi) is 3.62. The number of ether oxygens (including phenoxy) is 1. The molecular formula is C12H18N2O2. The molecule has 0 amide bonds. The number of carbonyl (C=O) groups is 1. The third kappa shape index (κ3) is 2.64. The minimum atomic E-state index is -0.313. The Labute approximate surface area is 95.4 Å². The minimum absolute atomic E-state index is 0.313. The van der Waals surface area contributed by atoms with Gasteiger partial charge < -0.3 is 15.0 Å². The van der Waals surface area contributed by atoms with Crippen LogP contribution in [0.4, 0.5) is 0 Å². The van der Waals surface area contributed by atoms with Crippen molar-refractivity contribution in [2.75, 3.05) is 7.11 Å². The lowest BCUT2D eigenvalue weighted by Gasteiger charge is -2.10. The topological polar surface area (TPSA) is 54.1 Å². The molecule has 2 N–H and O–H groups in total. The highest BCUT2D eigenvalue weighted by Gasteiger charge is 2.14. The fourth-order valence-electron chi connectivity index (χ4n) is 2.16. The molecule has 0 aliphatic heterocycles. The lowest BCUT2D eigenvalue weighted by atomic mass is 10.2. The molecule has 0 bridgehead atoms. The van der Waals surface area contributed by atoms with Crippen molar-refractivity contribution in [3.63, 3.8) is 0 Å². The van der Waals surface area contributed by atoms with Crippen molar-refractivity contribution in [1.29, 1.82) is 0 Å². The van der Waals surface area contributed by atoms with Gasteiger partial charge in [0.1, 0.15) is 5.69 Å². The van der Waals surface area contributed by atoms with Gasteiger partial charge in [0.2, 0.25) is 0 Å². The predicted octanol–water partition coefficient (Wildman–Crippen LogP) is 1.83. The zero-order chi connectivity index (χ0) is 11.4. The fourth-order valence-corrected chi connectivity index (χ4v) is 2.16. The molecule has 1 aliphatic rings. The normalized spacial score (nSPS) is 16.6. The summed E-state index contributed by atoms with van der Waals surface area (Å²) in [6, 6.07) is 4.33. The minimum Gasteiger partial charge on any atom is -0.464 e. The standard InChI is InChI=1S/C12H18N2O2/c1-16-12(15)11-7-6-10(14-11)8-13-9-4-2-3-5-9/h6-7,9,13-14H,2-5,8H2,1H3. The third-order valence-electron chi connectivity index (χ3n) is 3.09. The summed E-state index contributed by atoms with van der Waals surface area (Å²) < 4.78 is 4.64. The summed E-state index contributed by atoms with van der Waals surface area (Å²) in [5.41, 5.74) is 1.55. The van der Waals surface area contributed by atoms with Crippen LogP contribution in [0.5, 0.6) is 0 Å². The maximum Gasteiger partial charge on any atom is 0.354 e. The fraction of sp³-hybridized carbons (Fsp3) is 0.583. The van der Waals surface area contributed by atoms with Crippen LogP contribution in [0, 0.1) is 0 Å². The highest BCUT2D eigenvalue weighted by molar-refractivity contribution is 5.87. The first-order valence-electron chi connectivity index (χ1n) is 5.79. The summed E-state index contributed by atoms with van der Waals surface area (Å²) in [4.78, 5) is 14.3. The van der Waals surface area contributed by atoms with E-state index in [0.29, 0.717) is 11.7 Å². The van der Waals surface area contributed by atoms with Crippen LogP contribution in [0.1, 0.15) is 41.9 Å². The number of rotatable bonds is 4. The van der Waals surface area contributed by atoms with E-state index in [2.05, 4.69) is 15.0 Å². The van der Waals surface area contributed by atoms with Crippen molar-refractivity contribution in [1.82, 2.24) is 10.3 Å². The van der Waals surface area contributed by atoms with Crippen LogP contribution in [-0.4, -0.2) is 24.1 Å². The SMILES string of the molecule is COC(=O)c1ccc(CNC2CCCC2)[nH]1. The summed E-state index contributed by atoms with van der Waals surface area (Å²) in [5, 5.41) is 3.48. The molecule has 2 rings (SSSR count). The van der Waals surface area contributed by atoms with Gasteiger partial charge in [-0.25, -0.2) is 4.79 Å². The largest absolute Gasteiger partial charge is 0.464 e. The Morgan fingerprint density at radius 3 is 2.94 bits per heavy atom. The first-order chi connectivity index (χ1) is 7.79. The molecule has 1 saturated carbocycles. The lowest BCUT2D eigenvalue weighted by molar-refractivity contribution is 0.0594. The molecule has 4 nitrogen and oxygen atoms in total. The number of nitrogens with one attached hydrogen (secondary N) is 2. The van der Waals surface area contributed by atoms with Gasteiger partial charge in [0.25, 0.3) is 0 Å². The molecule has 1 fully saturated rings. The van der Waals surface area contributed by atoms with Crippen LogP contribution in [0.25, 0.3) is 0 Å². The summed E-state index contributed by atoms with van der Waals surface area (Å²) in [6.45, 7) is 0.793. The van der Waals surface area contributed by atoms with E-state index in [1.165, 1.54) is 32.8 Å². The van der Waals surface area contributed by atoms with Crippen LogP contribution >= 0.6 is 0 Å². The van der Waals surface area contributed by atoms with Gasteiger partial charge in [0.15, 0.2) is 0 Å². The molecule has 0 aromatic carbocycles.